The van der Waals surface area contributed by atoms with Crippen LogP contribution < -0.4 is 30.4 Å². The van der Waals surface area contributed by atoms with Crippen molar-refractivity contribution in [2.45, 2.75) is 141 Å². The summed E-state index contributed by atoms with van der Waals surface area (Å²) in [5.74, 6) is 18.0. The Balaban J connectivity index is 0.000000152. The first-order valence-electron chi connectivity index (χ1n) is 46.4. The summed E-state index contributed by atoms with van der Waals surface area (Å²) < 4.78 is 94.8. The van der Waals surface area contributed by atoms with Gasteiger partial charge in [-0.15, -0.1) is 34.0 Å². The standard InChI is InChI=1S/C35H39Cl2N7O3S2.C34H35Cl2N5O3S2.C32H29Cl2N7O3S2/c1-3-41-19-21-43(22-20-41)49(46,47)38-24-29-33(35(45)40-42-17-5-4-6-18-42)39-44(31-15-12-27(36)23-30(31)37)34(29)32-16-14-28(48-32)13-11-26-9-7-25(2)8-10-26;1-23-9-11-24(12-10-23)13-15-26-16-18-31(45-26)33-28(22-37-46(43,44)27-7-3-4-8-27)32(34(42)39-40-19-5-2-6-20-40)38-41(33)30-17-14-25(35)21-29(30)36;1-21-5-7-22(8-6-21)9-11-24-12-14-28(45-24)31-25(18-37-46(43,44)29-19-35-20-36-29)30(32(42)39-40-15-3-2-4-16-40)38-41(31)27-13-10-23(33)17-26(27)34/h7-10,12,14-16,23,38H,3-6,17-22,24H2,1-2H3,(H,40,45);9-12,14,16-18,21,27,37H,2-8,19-20,22H2,1H3,(H,39,42);5-8,10,12-14,17,19-20,37H,2-4,15-16,18H2,1H3,(H,35,36)(H,39,42). The van der Waals surface area contributed by atoms with Gasteiger partial charge in [-0.25, -0.2) is 60.3 Å². The summed E-state index contributed by atoms with van der Waals surface area (Å²) in [5.41, 5.74) is 19.7. The van der Waals surface area contributed by atoms with Crippen molar-refractivity contribution in [2.24, 2.45) is 0 Å². The Morgan fingerprint density at radius 1 is 0.404 bits per heavy atom. The molecule has 3 amide bonds. The van der Waals surface area contributed by atoms with Gasteiger partial charge in [0.1, 0.15) is 0 Å². The molecule has 734 valence electrons. The number of hydrazine groups is 3. The van der Waals surface area contributed by atoms with Crippen LogP contribution in [0.5, 0.6) is 0 Å². The van der Waals surface area contributed by atoms with Crippen LogP contribution in [0, 0.1) is 56.3 Å². The lowest BCUT2D eigenvalue weighted by Gasteiger charge is -2.33. The second-order valence-electron chi connectivity index (χ2n) is 34.5. The zero-order valence-electron chi connectivity index (χ0n) is 77.7. The van der Waals surface area contributed by atoms with E-state index in [-0.39, 0.29) is 41.7 Å². The van der Waals surface area contributed by atoms with Crippen LogP contribution in [-0.2, 0) is 49.9 Å². The Morgan fingerprint density at radius 3 is 1.07 bits per heavy atom. The number of hydrogen-bond donors (Lipinski definition) is 7. The van der Waals surface area contributed by atoms with Gasteiger partial charge in [0.2, 0.25) is 10.0 Å². The predicted molar refractivity (Wildman–Crippen MR) is 561 cm³/mol. The number of hydrogen-bond acceptors (Lipinski definition) is 20. The topological polar surface area (TPSA) is 324 Å². The summed E-state index contributed by atoms with van der Waals surface area (Å²) >= 11 is 43.1. The third kappa shape index (κ3) is 26.4. The maximum Gasteiger partial charge on any atom is 0.286 e. The maximum absolute atomic E-state index is 14.0. The molecule has 28 nitrogen and oxygen atoms in total. The molecule has 5 fully saturated rings. The molecule has 4 saturated heterocycles. The molecule has 6 aromatic carbocycles. The number of aromatic amines is 1. The lowest BCUT2D eigenvalue weighted by atomic mass is 10.1. The lowest BCUT2D eigenvalue weighted by molar-refractivity contribution is 0.0736. The van der Waals surface area contributed by atoms with Gasteiger partial charge in [0.25, 0.3) is 38.0 Å². The summed E-state index contributed by atoms with van der Waals surface area (Å²) in [5, 5.41) is 21.8. The molecule has 0 spiro atoms. The number of imidazole rings is 1. The Morgan fingerprint density at radius 2 is 0.745 bits per heavy atom. The summed E-state index contributed by atoms with van der Waals surface area (Å²) in [7, 11) is -11.5. The number of halogens is 6. The molecule has 1 aliphatic carbocycles. The fourth-order valence-electron chi connectivity index (χ4n) is 16.8. The number of nitrogens with one attached hydrogen (secondary N) is 7. The molecule has 1 saturated carbocycles. The van der Waals surface area contributed by atoms with Gasteiger partial charge in [-0.05, 0) is 206 Å². The van der Waals surface area contributed by atoms with Crippen LogP contribution in [0.2, 0.25) is 30.1 Å². The molecule has 18 rings (SSSR count). The van der Waals surface area contributed by atoms with E-state index in [1.807, 2.05) is 145 Å². The second-order valence-corrected chi connectivity index (χ2v) is 45.8. The molecule has 13 aromatic rings. The average Bonchev–Trinajstić information content (AvgIpc) is 1.61. The predicted octanol–water partition coefficient (Wildman–Crippen LogP) is 18.8. The van der Waals surface area contributed by atoms with Gasteiger partial charge in [0.15, 0.2) is 22.1 Å². The molecule has 141 heavy (non-hydrogen) atoms. The van der Waals surface area contributed by atoms with Crippen LogP contribution in [-0.4, -0.2) is 184 Å². The Hall–Kier alpha value is -10.4. The zero-order valence-corrected chi connectivity index (χ0v) is 87.1. The molecule has 11 heterocycles. The number of sulfonamides is 2. The SMILES string of the molecule is CCN1CCN(S(=O)(=O)NCc2c(C(=O)NN3CCCCC3)nn(-c3ccc(Cl)cc3Cl)c2-c2ccc(C#Cc3ccc(C)cc3)s2)CC1.Cc1ccc(C#Cc2ccc(-c3c(CNS(=O)(=O)C4CCCC4)c(C(=O)NN4CCCCC4)nn3-c3ccc(Cl)cc3Cl)s2)cc1.Cc1ccc(C#Cc2ccc(-c3c(CNS(=O)(=O)c4cnc[nH]4)c(C(=O)NN4CCCCC4)nn3-c3ccc(Cl)cc3Cl)s2)cc1. The molecule has 0 radical (unpaired) electrons. The highest BCUT2D eigenvalue weighted by atomic mass is 35.5. The van der Waals surface area contributed by atoms with Crippen LogP contribution in [0.25, 0.3) is 48.8 Å². The van der Waals surface area contributed by atoms with Crippen molar-refractivity contribution in [1.29, 1.82) is 0 Å². The molecular weight excluding hydrogens is 2030 g/mol. The Bertz CT molecular complexity index is 7270. The molecule has 40 heteroatoms. The van der Waals surface area contributed by atoms with Gasteiger partial charge in [0, 0.05) is 134 Å². The van der Waals surface area contributed by atoms with Crippen molar-refractivity contribution in [3.8, 4) is 84.3 Å². The van der Waals surface area contributed by atoms with Gasteiger partial charge in [-0.3, -0.25) is 30.7 Å². The summed E-state index contributed by atoms with van der Waals surface area (Å²) in [6, 6.07) is 50.5. The number of carbonyl (C=O) groups excluding carboxylic acids is 3. The Labute approximate surface area is 863 Å². The average molecular weight is 2130 g/mol. The molecule has 7 N–H and O–H groups in total. The summed E-state index contributed by atoms with van der Waals surface area (Å²) in [6.07, 6.45) is 14.6. The van der Waals surface area contributed by atoms with Gasteiger partial charge >= 0.3 is 0 Å². The minimum atomic E-state index is -4.00. The highest BCUT2D eigenvalue weighted by molar-refractivity contribution is 7.90. The monoisotopic (exact) mass is 2130 g/mol. The van der Waals surface area contributed by atoms with Crippen LogP contribution >= 0.6 is 104 Å². The summed E-state index contributed by atoms with van der Waals surface area (Å²) in [6.45, 7) is 14.9. The highest BCUT2D eigenvalue weighted by Crippen LogP contribution is 2.42. The number of aryl methyl sites for hydroxylation is 3. The first kappa shape index (κ1) is 103. The molecule has 7 aromatic heterocycles. The van der Waals surface area contributed by atoms with E-state index in [4.69, 9.17) is 84.9 Å². The third-order valence-corrected chi connectivity index (χ3v) is 33.9. The second kappa shape index (κ2) is 47.4. The first-order chi connectivity index (χ1) is 68.0. The number of H-pyrrole nitrogens is 1. The number of benzene rings is 6. The Kier molecular flexibility index (Phi) is 34.8. The van der Waals surface area contributed by atoms with Crippen molar-refractivity contribution >= 4 is 152 Å². The number of amides is 3. The van der Waals surface area contributed by atoms with Crippen LogP contribution in [0.4, 0.5) is 0 Å². The first-order valence-corrected chi connectivity index (χ1v) is 55.6. The molecular formula is C101H103Cl6N19O9S6. The largest absolute Gasteiger partial charge is 0.335 e. The van der Waals surface area contributed by atoms with Gasteiger partial charge in [-0.2, -0.15) is 32.7 Å². The van der Waals surface area contributed by atoms with Crippen molar-refractivity contribution in [2.75, 3.05) is 72.0 Å². The number of nitrogens with zero attached hydrogens (tertiary/aromatic N) is 12. The molecule has 4 aliphatic heterocycles. The molecule has 0 unspecified atom stereocenters. The highest BCUT2D eigenvalue weighted by Gasteiger charge is 2.37. The van der Waals surface area contributed by atoms with E-state index in [9.17, 15) is 39.6 Å². The van der Waals surface area contributed by atoms with E-state index in [0.29, 0.717) is 138 Å². The number of likely N-dealkylation sites (N-methyl/N-ethyl adjacent to an activating group) is 1. The lowest BCUT2D eigenvalue weighted by Crippen LogP contribution is -2.51. The number of carbonyl (C=O) groups is 3. The van der Waals surface area contributed by atoms with Gasteiger partial charge in [0.05, 0.1) is 96.2 Å². The number of thiophene rings is 3. The van der Waals surface area contributed by atoms with Gasteiger partial charge < -0.3 is 9.88 Å². The zero-order chi connectivity index (χ0) is 99.1. The molecule has 0 atom stereocenters. The normalized spacial score (nSPS) is 15.3. The van der Waals surface area contributed by atoms with Crippen LogP contribution in [0.15, 0.2) is 181 Å². The van der Waals surface area contributed by atoms with Crippen LogP contribution in [0.3, 0.4) is 0 Å². The third-order valence-electron chi connectivity index (χ3n) is 24.5. The fraction of sp³-hybridized carbons (Fsp3) is 0.317. The van der Waals surface area contributed by atoms with E-state index in [0.717, 1.165) is 161 Å². The minimum Gasteiger partial charge on any atom is -0.335 e. The van der Waals surface area contributed by atoms with Gasteiger partial charge in [-0.1, -0.05) is 197 Å². The fourth-order valence-corrected chi connectivity index (χ4v) is 24.6. The van der Waals surface area contributed by atoms with Crippen molar-refractivity contribution in [1.82, 2.24) is 94.0 Å². The van der Waals surface area contributed by atoms with E-state index in [2.05, 4.69) is 87.8 Å². The number of aromatic nitrogens is 8. The van der Waals surface area contributed by atoms with E-state index in [1.165, 1.54) is 50.8 Å². The van der Waals surface area contributed by atoms with Crippen molar-refractivity contribution in [3.63, 3.8) is 0 Å². The molecule has 0 bridgehead atoms. The smallest absolute Gasteiger partial charge is 0.286 e. The van der Waals surface area contributed by atoms with E-state index >= 15 is 0 Å². The van der Waals surface area contributed by atoms with Crippen molar-refractivity contribution in [3.05, 3.63) is 288 Å². The van der Waals surface area contributed by atoms with Crippen molar-refractivity contribution < 1.29 is 39.6 Å². The summed E-state index contributed by atoms with van der Waals surface area (Å²) in [4.78, 5) is 55.0. The van der Waals surface area contributed by atoms with E-state index < -0.39 is 53.2 Å². The van der Waals surface area contributed by atoms with E-state index in [1.54, 1.807) is 68.6 Å². The minimum absolute atomic E-state index is 0.0552. The number of rotatable bonds is 25. The number of piperazine rings is 1. The van der Waals surface area contributed by atoms with Crippen LogP contribution in [0.1, 0.15) is 187 Å². The molecule has 5 aliphatic rings. The quantitative estimate of drug-likeness (QED) is 0.0261. The number of piperidine rings is 3. The maximum atomic E-state index is 14.0.